The van der Waals surface area contributed by atoms with Crippen LogP contribution in [0.2, 0.25) is 0 Å². The van der Waals surface area contributed by atoms with Crippen LogP contribution in [-0.2, 0) is 11.3 Å². The maximum atomic E-state index is 13.6. The minimum Gasteiger partial charge on any atom is -0.383 e. The first-order valence-electron chi connectivity index (χ1n) is 10.9. The molecule has 4 heterocycles. The Hall–Kier alpha value is -3.82. The molecule has 0 spiro atoms. The van der Waals surface area contributed by atoms with Crippen LogP contribution in [0.5, 0.6) is 0 Å². The highest BCUT2D eigenvalue weighted by Crippen LogP contribution is 2.35. The molecule has 2 aliphatic heterocycles. The van der Waals surface area contributed by atoms with Gasteiger partial charge in [-0.25, -0.2) is 14.4 Å². The molecule has 1 saturated heterocycles. The van der Waals surface area contributed by atoms with Crippen molar-refractivity contribution in [1.29, 1.82) is 0 Å². The first-order chi connectivity index (χ1) is 16.4. The van der Waals surface area contributed by atoms with E-state index in [0.29, 0.717) is 42.3 Å². The Morgan fingerprint density at radius 1 is 1.41 bits per heavy atom. The van der Waals surface area contributed by atoms with Crippen LogP contribution in [0, 0.1) is 5.82 Å². The fraction of sp³-hybridized carbons (Fsp3) is 0.240. The third-order valence-corrected chi connectivity index (χ3v) is 6.38. The summed E-state index contributed by atoms with van der Waals surface area (Å²) in [6.07, 6.45) is 7.32. The van der Waals surface area contributed by atoms with Gasteiger partial charge in [-0.1, -0.05) is 12.1 Å². The Labute approximate surface area is 195 Å². The number of amides is 1. The smallest absolute Gasteiger partial charge is 0.254 e. The van der Waals surface area contributed by atoms with Gasteiger partial charge >= 0.3 is 0 Å². The number of rotatable bonds is 6. The zero-order valence-corrected chi connectivity index (χ0v) is 18.6. The summed E-state index contributed by atoms with van der Waals surface area (Å²) >= 11 is 0. The van der Waals surface area contributed by atoms with E-state index in [9.17, 15) is 14.3 Å². The van der Waals surface area contributed by atoms with E-state index < -0.39 is 5.60 Å². The summed E-state index contributed by atoms with van der Waals surface area (Å²) in [6, 6.07) is 6.43. The van der Waals surface area contributed by atoms with Gasteiger partial charge in [-0.05, 0) is 43.0 Å². The van der Waals surface area contributed by atoms with E-state index in [1.807, 2.05) is 13.0 Å². The van der Waals surface area contributed by atoms with E-state index >= 15 is 0 Å². The number of halogens is 1. The van der Waals surface area contributed by atoms with Gasteiger partial charge in [0.15, 0.2) is 0 Å². The molecule has 1 fully saturated rings. The molecular formula is C25H24FN5O3. The molecule has 5 rings (SSSR count). The second-order valence-electron chi connectivity index (χ2n) is 8.43. The summed E-state index contributed by atoms with van der Waals surface area (Å²) in [7, 11) is 0. The quantitative estimate of drug-likeness (QED) is 0.386. The van der Waals surface area contributed by atoms with Crippen molar-refractivity contribution in [3.8, 4) is 11.3 Å². The number of benzene rings is 1. The number of hydrogen-bond donors (Lipinski definition) is 3. The van der Waals surface area contributed by atoms with Crippen LogP contribution < -0.4 is 10.6 Å². The number of ether oxygens (including phenoxy) is 1. The number of fused-ring (bicyclic) bond motifs is 2. The highest BCUT2D eigenvalue weighted by atomic mass is 19.1. The summed E-state index contributed by atoms with van der Waals surface area (Å²) in [5.74, 6) is -0.132. The standard InChI is InChI=1S/C25H24FN5O3/c1-15(25(33)8-10-34-14-25)3-6-21(27-2)30-19-5-4-17(18-12-29-24(32)23(18)19)20-13-28-22-11-16(26)7-9-31(20)22/h3-7,9,11,13,30,33H,2,8,10,12,14H2,1H3,(H,29,32)/b15-3+,21-6+/t25-/m1/s1. The van der Waals surface area contributed by atoms with Crippen LogP contribution in [-0.4, -0.2) is 45.9 Å². The van der Waals surface area contributed by atoms with Gasteiger partial charge in [0.2, 0.25) is 0 Å². The molecule has 3 N–H and O–H groups in total. The normalized spacial score (nSPS) is 20.5. The lowest BCUT2D eigenvalue weighted by molar-refractivity contribution is 0.0585. The summed E-state index contributed by atoms with van der Waals surface area (Å²) < 4.78 is 20.7. The van der Waals surface area contributed by atoms with Crippen LogP contribution in [0.25, 0.3) is 16.9 Å². The molecule has 1 amide bonds. The minimum atomic E-state index is -0.984. The highest BCUT2D eigenvalue weighted by molar-refractivity contribution is 6.05. The van der Waals surface area contributed by atoms with E-state index in [1.165, 1.54) is 12.1 Å². The molecule has 174 valence electrons. The average molecular weight is 461 g/mol. The van der Waals surface area contributed by atoms with Gasteiger partial charge in [0.05, 0.1) is 29.7 Å². The molecule has 2 aliphatic rings. The Balaban J connectivity index is 1.50. The molecule has 3 aromatic rings. The largest absolute Gasteiger partial charge is 0.383 e. The summed E-state index contributed by atoms with van der Waals surface area (Å²) in [5.41, 5.74) is 3.76. The molecule has 0 aliphatic carbocycles. The lowest BCUT2D eigenvalue weighted by Crippen LogP contribution is -2.30. The van der Waals surface area contributed by atoms with E-state index in [-0.39, 0.29) is 18.3 Å². The molecule has 2 aromatic heterocycles. The molecule has 9 heteroatoms. The second kappa shape index (κ2) is 8.51. The molecule has 1 atom stereocenters. The molecular weight excluding hydrogens is 437 g/mol. The van der Waals surface area contributed by atoms with E-state index in [4.69, 9.17) is 4.74 Å². The first kappa shape index (κ1) is 22.0. The zero-order chi connectivity index (χ0) is 23.9. The van der Waals surface area contributed by atoms with Crippen LogP contribution in [0.3, 0.4) is 0 Å². The second-order valence-corrected chi connectivity index (χ2v) is 8.43. The van der Waals surface area contributed by atoms with Crippen molar-refractivity contribution in [2.24, 2.45) is 4.99 Å². The van der Waals surface area contributed by atoms with Crippen LogP contribution in [0.4, 0.5) is 10.1 Å². The highest BCUT2D eigenvalue weighted by Gasteiger charge is 2.33. The van der Waals surface area contributed by atoms with Crippen molar-refractivity contribution in [3.05, 3.63) is 77.1 Å². The van der Waals surface area contributed by atoms with Crippen LogP contribution in [0.15, 0.2) is 65.2 Å². The number of nitrogens with one attached hydrogen (secondary N) is 2. The predicted molar refractivity (Wildman–Crippen MR) is 127 cm³/mol. The predicted octanol–water partition coefficient (Wildman–Crippen LogP) is 3.44. The third-order valence-electron chi connectivity index (χ3n) is 6.38. The Kier molecular flexibility index (Phi) is 5.51. The van der Waals surface area contributed by atoms with E-state index in [2.05, 4.69) is 27.3 Å². The number of allylic oxidation sites excluding steroid dienone is 2. The SMILES string of the molecule is C=N/C(=C\C=C(/C)[C@@]1(O)CCOC1)Nc1ccc(-c2cnc3cc(F)ccn23)c2c1C(=O)NC2. The average Bonchev–Trinajstić information content (AvgIpc) is 3.56. The van der Waals surface area contributed by atoms with E-state index in [1.54, 1.807) is 35.0 Å². The van der Waals surface area contributed by atoms with Gasteiger partial charge in [0, 0.05) is 37.4 Å². The van der Waals surface area contributed by atoms with Crippen molar-refractivity contribution in [3.63, 3.8) is 0 Å². The van der Waals surface area contributed by atoms with Gasteiger partial charge in [-0.15, -0.1) is 0 Å². The van der Waals surface area contributed by atoms with Gasteiger partial charge in [-0.3, -0.25) is 9.20 Å². The summed E-state index contributed by atoms with van der Waals surface area (Å²) in [4.78, 5) is 21.1. The van der Waals surface area contributed by atoms with Crippen LogP contribution >= 0.6 is 0 Å². The zero-order valence-electron chi connectivity index (χ0n) is 18.6. The Morgan fingerprint density at radius 2 is 2.26 bits per heavy atom. The Morgan fingerprint density at radius 3 is 3.03 bits per heavy atom. The molecule has 34 heavy (non-hydrogen) atoms. The van der Waals surface area contributed by atoms with Gasteiger partial charge in [-0.2, -0.15) is 0 Å². The number of aromatic nitrogens is 2. The number of anilines is 1. The number of hydrogen-bond acceptors (Lipinski definition) is 6. The lowest BCUT2D eigenvalue weighted by Gasteiger charge is -2.21. The number of imidazole rings is 1. The monoisotopic (exact) mass is 461 g/mol. The molecule has 0 unspecified atom stereocenters. The van der Waals surface area contributed by atoms with Crippen molar-refractivity contribution in [2.75, 3.05) is 18.5 Å². The fourth-order valence-corrected chi connectivity index (χ4v) is 4.34. The van der Waals surface area contributed by atoms with E-state index in [0.717, 1.165) is 22.4 Å². The van der Waals surface area contributed by atoms with Crippen LogP contribution in [0.1, 0.15) is 29.3 Å². The minimum absolute atomic E-state index is 0.202. The molecule has 0 bridgehead atoms. The number of pyridine rings is 1. The van der Waals surface area contributed by atoms with Crippen molar-refractivity contribution in [2.45, 2.75) is 25.5 Å². The van der Waals surface area contributed by atoms with Crippen molar-refractivity contribution < 1.29 is 19.0 Å². The number of nitrogens with zero attached hydrogens (tertiary/aromatic N) is 3. The lowest BCUT2D eigenvalue weighted by atomic mass is 9.94. The first-order valence-corrected chi connectivity index (χ1v) is 10.9. The third kappa shape index (κ3) is 3.78. The number of carbonyl (C=O) groups is 1. The summed E-state index contributed by atoms with van der Waals surface area (Å²) in [5, 5.41) is 16.7. The molecule has 8 nitrogen and oxygen atoms in total. The maximum Gasteiger partial charge on any atom is 0.254 e. The van der Waals surface area contributed by atoms with Crippen molar-refractivity contribution in [1.82, 2.24) is 14.7 Å². The number of carbonyl (C=O) groups excluding carboxylic acids is 1. The Bertz CT molecular complexity index is 1370. The van der Waals surface area contributed by atoms with Gasteiger partial charge in [0.25, 0.3) is 5.91 Å². The molecule has 0 radical (unpaired) electrons. The van der Waals surface area contributed by atoms with Crippen molar-refractivity contribution >= 4 is 24.0 Å². The van der Waals surface area contributed by atoms with Gasteiger partial charge in [0.1, 0.15) is 22.9 Å². The molecule has 1 aromatic carbocycles. The topological polar surface area (TPSA) is 100 Å². The number of aliphatic imine (C=N–C) groups is 1. The number of aliphatic hydroxyl groups is 1. The fourth-order valence-electron chi connectivity index (χ4n) is 4.34. The van der Waals surface area contributed by atoms with Gasteiger partial charge < -0.3 is 20.5 Å². The molecule has 0 saturated carbocycles. The maximum absolute atomic E-state index is 13.6. The summed E-state index contributed by atoms with van der Waals surface area (Å²) in [6.45, 7) is 6.61.